The van der Waals surface area contributed by atoms with Gasteiger partial charge in [-0.25, -0.2) is 4.79 Å². The number of fused-ring (bicyclic) bond motifs is 1. The lowest BCUT2D eigenvalue weighted by Gasteiger charge is -2.15. The number of aromatic nitrogens is 2. The molecule has 7 heteroatoms. The Morgan fingerprint density at radius 3 is 2.52 bits per heavy atom. The third kappa shape index (κ3) is 3.25. The molecule has 0 spiro atoms. The number of amides is 1. The number of aryl methyl sites for hydroxylation is 2. The van der Waals surface area contributed by atoms with Gasteiger partial charge in [-0.3, -0.25) is 13.9 Å². The summed E-state index contributed by atoms with van der Waals surface area (Å²) >= 11 is 6.04. The normalized spacial score (nSPS) is 12.2. The van der Waals surface area contributed by atoms with Gasteiger partial charge in [0.2, 0.25) is 0 Å². The molecule has 0 bridgehead atoms. The molecule has 3 rings (SSSR count). The fourth-order valence-electron chi connectivity index (χ4n) is 2.61. The summed E-state index contributed by atoms with van der Waals surface area (Å²) in [4.78, 5) is 24.3. The SMILES string of the molecule is C[C@@H](Oc1ccccc1Cl)C(=O)Nc1ccc2c(c1)n(C)c(=O)n2C. The van der Waals surface area contributed by atoms with Crippen LogP contribution in [0.1, 0.15) is 6.92 Å². The molecule has 0 aliphatic rings. The maximum absolute atomic E-state index is 12.4. The van der Waals surface area contributed by atoms with E-state index in [1.807, 2.05) is 0 Å². The second-order valence-corrected chi connectivity index (χ2v) is 6.19. The minimum absolute atomic E-state index is 0.117. The second kappa shape index (κ2) is 6.64. The van der Waals surface area contributed by atoms with Gasteiger partial charge in [0, 0.05) is 19.8 Å². The van der Waals surface area contributed by atoms with Crippen LogP contribution in [0.5, 0.6) is 5.75 Å². The molecule has 0 fully saturated rings. The van der Waals surface area contributed by atoms with Crippen molar-refractivity contribution in [2.24, 2.45) is 14.1 Å². The molecule has 1 amide bonds. The van der Waals surface area contributed by atoms with Gasteiger partial charge in [-0.2, -0.15) is 0 Å². The average Bonchev–Trinajstić information content (AvgIpc) is 2.81. The molecular weight excluding hydrogens is 342 g/mol. The molecule has 0 saturated carbocycles. The molecule has 2 aromatic carbocycles. The highest BCUT2D eigenvalue weighted by Gasteiger charge is 2.17. The van der Waals surface area contributed by atoms with Gasteiger partial charge in [0.25, 0.3) is 5.91 Å². The number of nitrogens with one attached hydrogen (secondary N) is 1. The number of rotatable bonds is 4. The monoisotopic (exact) mass is 359 g/mol. The Kier molecular flexibility index (Phi) is 4.55. The zero-order valence-electron chi connectivity index (χ0n) is 14.1. The molecular formula is C18H18ClN3O3. The lowest BCUT2D eigenvalue weighted by Crippen LogP contribution is -2.30. The van der Waals surface area contributed by atoms with Crippen LogP contribution in [0.3, 0.4) is 0 Å². The molecule has 1 heterocycles. The first kappa shape index (κ1) is 17.1. The second-order valence-electron chi connectivity index (χ2n) is 5.78. The predicted molar refractivity (Wildman–Crippen MR) is 98.3 cm³/mol. The van der Waals surface area contributed by atoms with Gasteiger partial charge in [-0.05, 0) is 37.3 Å². The zero-order valence-corrected chi connectivity index (χ0v) is 14.9. The smallest absolute Gasteiger partial charge is 0.328 e. The summed E-state index contributed by atoms with van der Waals surface area (Å²) in [6.07, 6.45) is -0.727. The Balaban J connectivity index is 1.78. The highest BCUT2D eigenvalue weighted by atomic mass is 35.5. The Morgan fingerprint density at radius 2 is 1.80 bits per heavy atom. The van der Waals surface area contributed by atoms with Gasteiger partial charge in [0.05, 0.1) is 16.1 Å². The summed E-state index contributed by atoms with van der Waals surface area (Å²) in [5.41, 5.74) is 2.01. The van der Waals surface area contributed by atoms with Crippen molar-refractivity contribution in [3.05, 3.63) is 58.0 Å². The van der Waals surface area contributed by atoms with Crippen molar-refractivity contribution in [2.45, 2.75) is 13.0 Å². The molecule has 6 nitrogen and oxygen atoms in total. The minimum Gasteiger partial charge on any atom is -0.479 e. The van der Waals surface area contributed by atoms with Crippen molar-refractivity contribution >= 4 is 34.2 Å². The number of imidazole rings is 1. The van der Waals surface area contributed by atoms with E-state index in [2.05, 4.69) is 5.32 Å². The molecule has 0 aliphatic heterocycles. The number of nitrogens with zero attached hydrogens (tertiary/aromatic N) is 2. The Labute approximate surface area is 149 Å². The van der Waals surface area contributed by atoms with E-state index in [1.54, 1.807) is 68.1 Å². The van der Waals surface area contributed by atoms with Crippen molar-refractivity contribution in [3.8, 4) is 5.75 Å². The van der Waals surface area contributed by atoms with Gasteiger partial charge < -0.3 is 10.1 Å². The van der Waals surface area contributed by atoms with E-state index in [-0.39, 0.29) is 11.6 Å². The summed E-state index contributed by atoms with van der Waals surface area (Å²) < 4.78 is 8.71. The van der Waals surface area contributed by atoms with E-state index < -0.39 is 6.10 Å². The van der Waals surface area contributed by atoms with E-state index in [4.69, 9.17) is 16.3 Å². The fraction of sp³-hybridized carbons (Fsp3) is 0.222. The summed E-state index contributed by atoms with van der Waals surface area (Å²) in [5.74, 6) is 0.146. The number of hydrogen-bond donors (Lipinski definition) is 1. The van der Waals surface area contributed by atoms with Gasteiger partial charge in [-0.1, -0.05) is 23.7 Å². The van der Waals surface area contributed by atoms with Gasteiger partial charge in [-0.15, -0.1) is 0 Å². The number of ether oxygens (including phenoxy) is 1. The first-order valence-electron chi connectivity index (χ1n) is 7.76. The minimum atomic E-state index is -0.727. The maximum Gasteiger partial charge on any atom is 0.328 e. The van der Waals surface area contributed by atoms with Crippen LogP contribution >= 0.6 is 11.6 Å². The lowest BCUT2D eigenvalue weighted by molar-refractivity contribution is -0.122. The molecule has 25 heavy (non-hydrogen) atoms. The van der Waals surface area contributed by atoms with E-state index in [9.17, 15) is 9.59 Å². The first-order valence-corrected chi connectivity index (χ1v) is 8.14. The van der Waals surface area contributed by atoms with Crippen LogP contribution in [0.2, 0.25) is 5.02 Å². The highest BCUT2D eigenvalue weighted by molar-refractivity contribution is 6.32. The first-order chi connectivity index (χ1) is 11.9. The number of carbonyl (C=O) groups is 1. The molecule has 130 valence electrons. The van der Waals surface area contributed by atoms with Crippen LogP contribution in [-0.4, -0.2) is 21.1 Å². The number of anilines is 1. The standard InChI is InChI=1S/C18H18ClN3O3/c1-11(25-16-7-5-4-6-13(16)19)17(23)20-12-8-9-14-15(10-12)22(3)18(24)21(14)2/h4-11H,1-3H3,(H,20,23)/t11-/m1/s1. The van der Waals surface area contributed by atoms with Crippen LogP contribution in [0, 0.1) is 0 Å². The summed E-state index contributed by atoms with van der Waals surface area (Å²) in [7, 11) is 3.40. The fourth-order valence-corrected chi connectivity index (χ4v) is 2.79. The number of halogens is 1. The van der Waals surface area contributed by atoms with Gasteiger partial charge in [0.15, 0.2) is 6.10 Å². The Morgan fingerprint density at radius 1 is 1.12 bits per heavy atom. The Bertz CT molecular complexity index is 1010. The zero-order chi connectivity index (χ0) is 18.1. The quantitative estimate of drug-likeness (QED) is 0.779. The summed E-state index contributed by atoms with van der Waals surface area (Å²) in [5, 5.41) is 3.24. The number of hydrogen-bond acceptors (Lipinski definition) is 3. The van der Waals surface area contributed by atoms with E-state index >= 15 is 0 Å². The van der Waals surface area contributed by atoms with Crippen LogP contribution in [0.15, 0.2) is 47.3 Å². The molecule has 0 aliphatic carbocycles. The number of para-hydroxylation sites is 1. The third-order valence-corrected chi connectivity index (χ3v) is 4.36. The number of carbonyl (C=O) groups excluding carboxylic acids is 1. The van der Waals surface area contributed by atoms with E-state index in [0.29, 0.717) is 16.5 Å². The van der Waals surface area contributed by atoms with Gasteiger partial charge >= 0.3 is 5.69 Å². The van der Waals surface area contributed by atoms with Crippen LogP contribution in [-0.2, 0) is 18.9 Å². The predicted octanol–water partition coefficient (Wildman–Crippen LogP) is 2.94. The molecule has 3 aromatic rings. The maximum atomic E-state index is 12.4. The van der Waals surface area contributed by atoms with Crippen LogP contribution < -0.4 is 15.7 Å². The van der Waals surface area contributed by atoms with Crippen LogP contribution in [0.25, 0.3) is 11.0 Å². The molecule has 0 radical (unpaired) electrons. The van der Waals surface area contributed by atoms with E-state index in [0.717, 1.165) is 11.0 Å². The number of benzene rings is 2. The molecule has 1 N–H and O–H groups in total. The van der Waals surface area contributed by atoms with Gasteiger partial charge in [0.1, 0.15) is 5.75 Å². The molecule has 0 saturated heterocycles. The third-order valence-electron chi connectivity index (χ3n) is 4.05. The van der Waals surface area contributed by atoms with E-state index in [1.165, 1.54) is 4.57 Å². The topological polar surface area (TPSA) is 65.3 Å². The summed E-state index contributed by atoms with van der Waals surface area (Å²) in [6.45, 7) is 1.65. The van der Waals surface area contributed by atoms with Crippen molar-refractivity contribution in [1.29, 1.82) is 0 Å². The largest absolute Gasteiger partial charge is 0.479 e. The molecule has 1 aromatic heterocycles. The highest BCUT2D eigenvalue weighted by Crippen LogP contribution is 2.24. The Hall–Kier alpha value is -2.73. The van der Waals surface area contributed by atoms with Crippen LogP contribution in [0.4, 0.5) is 5.69 Å². The van der Waals surface area contributed by atoms with Crippen molar-refractivity contribution in [3.63, 3.8) is 0 Å². The van der Waals surface area contributed by atoms with Crippen molar-refractivity contribution in [1.82, 2.24) is 9.13 Å². The lowest BCUT2D eigenvalue weighted by atomic mass is 10.2. The average molecular weight is 360 g/mol. The van der Waals surface area contributed by atoms with Crippen molar-refractivity contribution in [2.75, 3.05) is 5.32 Å². The summed E-state index contributed by atoms with van der Waals surface area (Å²) in [6, 6.07) is 12.3. The molecule has 0 unspecified atom stereocenters. The van der Waals surface area contributed by atoms with Crippen molar-refractivity contribution < 1.29 is 9.53 Å². The molecule has 1 atom stereocenters.